The Hall–Kier alpha value is -3.74. The quantitative estimate of drug-likeness (QED) is 0.383. The van der Waals surface area contributed by atoms with Crippen LogP contribution in [-0.2, 0) is 35.5 Å². The highest BCUT2D eigenvalue weighted by Gasteiger charge is 2.31. The summed E-state index contributed by atoms with van der Waals surface area (Å²) < 4.78 is 19.3. The van der Waals surface area contributed by atoms with Gasteiger partial charge in [-0.05, 0) is 37.0 Å². The molecule has 2 aliphatic rings. The lowest BCUT2D eigenvalue weighted by Gasteiger charge is -2.38. The number of benzene rings is 2. The van der Waals surface area contributed by atoms with Crippen molar-refractivity contribution in [2.45, 2.75) is 38.4 Å². The van der Waals surface area contributed by atoms with Crippen molar-refractivity contribution in [3.05, 3.63) is 80.1 Å². The van der Waals surface area contributed by atoms with Crippen LogP contribution in [0.3, 0.4) is 0 Å². The molecule has 1 unspecified atom stereocenters. The number of para-hydroxylation sites is 1. The summed E-state index contributed by atoms with van der Waals surface area (Å²) in [7, 11) is 1.46. The molecule has 2 aromatic carbocycles. The van der Waals surface area contributed by atoms with Gasteiger partial charge in [-0.15, -0.1) is 0 Å². The van der Waals surface area contributed by atoms with Gasteiger partial charge in [0.1, 0.15) is 18.0 Å². The number of hydrogen-bond acceptors (Lipinski definition) is 6. The highest BCUT2D eigenvalue weighted by Crippen LogP contribution is 2.33. The average molecular weight is 628 g/mol. The van der Waals surface area contributed by atoms with Crippen LogP contribution in [0.15, 0.2) is 58.3 Å². The Morgan fingerprint density at radius 3 is 2.53 bits per heavy atom. The molecule has 13 heteroatoms. The molecule has 0 aliphatic carbocycles. The summed E-state index contributed by atoms with van der Waals surface area (Å²) >= 11 is 5.28. The van der Waals surface area contributed by atoms with Crippen LogP contribution in [0.1, 0.15) is 18.4 Å². The lowest BCUT2D eigenvalue weighted by molar-refractivity contribution is -0.133. The molecule has 2 aliphatic heterocycles. The Balaban J connectivity index is 1.34. The molecule has 1 saturated heterocycles. The predicted molar refractivity (Wildman–Crippen MR) is 166 cm³/mol. The Morgan fingerprint density at radius 2 is 1.81 bits per heavy atom. The lowest BCUT2D eigenvalue weighted by atomic mass is 10.0. The van der Waals surface area contributed by atoms with Crippen LogP contribution in [-0.4, -0.2) is 80.2 Å². The summed E-state index contributed by atoms with van der Waals surface area (Å²) in [5.74, 6) is 0.180. The van der Waals surface area contributed by atoms with Crippen LogP contribution in [0.25, 0.3) is 11.1 Å². The van der Waals surface area contributed by atoms with E-state index < -0.39 is 22.4 Å². The monoisotopic (exact) mass is 627 g/mol. The zero-order valence-electron chi connectivity index (χ0n) is 24.1. The number of fused-ring (bicyclic) bond motifs is 1. The Kier molecular flexibility index (Phi) is 9.48. The number of nitrogens with zero attached hydrogens (tertiary/aromatic N) is 4. The number of likely N-dealkylation sites (tertiary alicyclic amines) is 1. The van der Waals surface area contributed by atoms with Crippen LogP contribution < -0.4 is 21.3 Å². The molecule has 228 valence electrons. The summed E-state index contributed by atoms with van der Waals surface area (Å²) in [6.07, 6.45) is 4.81. The number of nitrogens with one attached hydrogen (secondary N) is 1. The van der Waals surface area contributed by atoms with E-state index in [0.717, 1.165) is 22.2 Å². The first kappa shape index (κ1) is 30.7. The van der Waals surface area contributed by atoms with E-state index in [1.165, 1.54) is 24.1 Å². The maximum absolute atomic E-state index is 13.4. The zero-order valence-corrected chi connectivity index (χ0v) is 25.7. The van der Waals surface area contributed by atoms with E-state index in [1.807, 2.05) is 29.2 Å². The largest absolute Gasteiger partial charge is 0.617 e. The van der Waals surface area contributed by atoms with E-state index in [4.69, 9.17) is 16.3 Å². The van der Waals surface area contributed by atoms with Gasteiger partial charge in [-0.2, -0.15) is 0 Å². The summed E-state index contributed by atoms with van der Waals surface area (Å²) in [5.41, 5.74) is 1.16. The second kappa shape index (κ2) is 13.3. The number of rotatable bonds is 8. The minimum Gasteiger partial charge on any atom is -0.617 e. The number of piperidine rings is 1. The van der Waals surface area contributed by atoms with Gasteiger partial charge in [0.2, 0.25) is 5.91 Å². The second-order valence-corrected chi connectivity index (χ2v) is 12.6. The van der Waals surface area contributed by atoms with Gasteiger partial charge in [0.05, 0.1) is 30.5 Å². The maximum Gasteiger partial charge on any atom is 0.331 e. The van der Waals surface area contributed by atoms with E-state index in [9.17, 15) is 23.7 Å². The molecule has 11 nitrogen and oxygen atoms in total. The number of amides is 3. The van der Waals surface area contributed by atoms with Crippen molar-refractivity contribution in [2.24, 2.45) is 0 Å². The van der Waals surface area contributed by atoms with Gasteiger partial charge in [0, 0.05) is 43.1 Å². The van der Waals surface area contributed by atoms with Crippen LogP contribution in [0.5, 0.6) is 5.75 Å². The van der Waals surface area contributed by atoms with Gasteiger partial charge in [-0.25, -0.2) is 9.59 Å². The third-order valence-corrected chi connectivity index (χ3v) is 9.17. The second-order valence-electron chi connectivity index (χ2n) is 10.7. The highest BCUT2D eigenvalue weighted by molar-refractivity contribution is 7.90. The molecule has 5 rings (SSSR count). The Bertz CT molecular complexity index is 1630. The molecule has 1 atom stereocenters. The molecule has 1 fully saturated rings. The average Bonchev–Trinajstić information content (AvgIpc) is 3.16. The van der Waals surface area contributed by atoms with Crippen molar-refractivity contribution in [1.82, 2.24) is 18.9 Å². The maximum atomic E-state index is 13.4. The van der Waals surface area contributed by atoms with Crippen LogP contribution in [0, 0.1) is 0 Å². The summed E-state index contributed by atoms with van der Waals surface area (Å²) in [5, 5.41) is 3.20. The highest BCUT2D eigenvalue weighted by atomic mass is 35.5. The molecule has 0 saturated carbocycles. The number of methoxy groups -OCH3 is 1. The van der Waals surface area contributed by atoms with Crippen LogP contribution in [0.4, 0.5) is 10.5 Å². The van der Waals surface area contributed by atoms with E-state index in [2.05, 4.69) is 5.32 Å². The van der Waals surface area contributed by atoms with Gasteiger partial charge in [-0.1, -0.05) is 53.1 Å². The molecule has 43 heavy (non-hydrogen) atoms. The third-order valence-electron chi connectivity index (χ3n) is 8.02. The first-order valence-electron chi connectivity index (χ1n) is 14.1. The minimum absolute atomic E-state index is 0.0142. The molecule has 1 aromatic heterocycles. The molecule has 0 radical (unpaired) electrons. The normalized spacial score (nSPS) is 16.3. The van der Waals surface area contributed by atoms with Crippen LogP contribution in [0.2, 0.25) is 5.02 Å². The van der Waals surface area contributed by atoms with Gasteiger partial charge in [0.25, 0.3) is 5.56 Å². The SMILES string of the molecule is COc1cccc(-c2cn(CC(=O)N3CCC(N4CCc5ccccc5NC4=O)CC3)c(=O)n(CC[S+](C)[O-])c2=O)c1Cl. The van der Waals surface area contributed by atoms with Gasteiger partial charge >= 0.3 is 11.7 Å². The molecular weight excluding hydrogens is 594 g/mol. The van der Waals surface area contributed by atoms with Crippen molar-refractivity contribution in [3.8, 4) is 16.9 Å². The molecular formula is C30H34ClN5O6S. The Labute approximate surface area is 257 Å². The van der Waals surface area contributed by atoms with Crippen molar-refractivity contribution in [1.29, 1.82) is 0 Å². The molecule has 0 bridgehead atoms. The Morgan fingerprint density at radius 1 is 1.07 bits per heavy atom. The van der Waals surface area contributed by atoms with Gasteiger partial charge < -0.3 is 24.4 Å². The number of hydrogen-bond donors (Lipinski definition) is 1. The summed E-state index contributed by atoms with van der Waals surface area (Å²) in [6, 6.07) is 12.6. The first-order valence-corrected chi connectivity index (χ1v) is 16.2. The fourth-order valence-corrected chi connectivity index (χ4v) is 6.40. The van der Waals surface area contributed by atoms with E-state index in [0.29, 0.717) is 43.8 Å². The minimum atomic E-state index is -1.25. The lowest BCUT2D eigenvalue weighted by Crippen LogP contribution is -2.51. The number of carbonyl (C=O) groups excluding carboxylic acids is 2. The third kappa shape index (κ3) is 6.61. The van der Waals surface area contributed by atoms with Crippen molar-refractivity contribution in [3.63, 3.8) is 0 Å². The number of carbonyl (C=O) groups is 2. The molecule has 3 heterocycles. The van der Waals surface area contributed by atoms with Gasteiger partial charge in [-0.3, -0.25) is 18.7 Å². The van der Waals surface area contributed by atoms with Crippen LogP contribution >= 0.6 is 11.6 Å². The predicted octanol–water partition coefficient (Wildman–Crippen LogP) is 2.80. The molecule has 3 aromatic rings. The van der Waals surface area contributed by atoms with Crippen molar-refractivity contribution in [2.75, 3.05) is 44.1 Å². The number of ether oxygens (including phenoxy) is 1. The van der Waals surface area contributed by atoms with Crippen molar-refractivity contribution >= 4 is 40.4 Å². The number of urea groups is 1. The van der Waals surface area contributed by atoms with Crippen molar-refractivity contribution < 1.29 is 18.9 Å². The fourth-order valence-electron chi connectivity index (χ4n) is 5.66. The summed E-state index contributed by atoms with van der Waals surface area (Å²) in [4.78, 5) is 56.7. The topological polar surface area (TPSA) is 129 Å². The van der Waals surface area contributed by atoms with Gasteiger partial charge in [0.15, 0.2) is 0 Å². The first-order chi connectivity index (χ1) is 20.7. The van der Waals surface area contributed by atoms with E-state index in [1.54, 1.807) is 23.1 Å². The van der Waals surface area contributed by atoms with E-state index in [-0.39, 0.29) is 47.4 Å². The molecule has 3 amide bonds. The fraction of sp³-hybridized carbons (Fsp3) is 0.400. The molecule has 1 N–H and O–H groups in total. The smallest absolute Gasteiger partial charge is 0.331 e. The number of anilines is 1. The zero-order chi connectivity index (χ0) is 30.7. The molecule has 0 spiro atoms. The van der Waals surface area contributed by atoms with E-state index >= 15 is 0 Å². The number of aromatic nitrogens is 2. The number of halogens is 1. The standard InChI is InChI=1S/C30H34ClN5O6S/c1-42-25-9-5-7-22(27(25)31)23-18-34(30(40)36(28(23)38)16-17-43(2)41)19-26(37)33-13-11-21(12-14-33)35-15-10-20-6-3-4-8-24(20)32-29(35)39/h3-9,18,21H,10-17,19H2,1-2H3,(H,32,39). The summed E-state index contributed by atoms with van der Waals surface area (Å²) in [6.45, 7) is 1.09.